The van der Waals surface area contributed by atoms with Crippen LogP contribution in [0, 0.1) is 0 Å². The molecular weight excluding hydrogens is 175 g/mol. The zero-order valence-corrected chi connectivity index (χ0v) is 8.03. The van der Waals surface area contributed by atoms with E-state index in [0.717, 1.165) is 12.8 Å². The van der Waals surface area contributed by atoms with Gasteiger partial charge in [0, 0.05) is 0 Å². The zero-order chi connectivity index (χ0) is 9.38. The van der Waals surface area contributed by atoms with E-state index >= 15 is 0 Å². The summed E-state index contributed by atoms with van der Waals surface area (Å²) in [6.07, 6.45) is 2.21. The first-order chi connectivity index (χ1) is 6.93. The molecule has 1 aliphatic carbocycles. The summed E-state index contributed by atoms with van der Waals surface area (Å²) < 4.78 is 0. The molecule has 0 aliphatic heterocycles. The Morgan fingerprint density at radius 1 is 0.533 bits per heavy atom. The molecule has 15 heavy (non-hydrogen) atoms. The Morgan fingerprint density at radius 3 is 1.07 bits per heavy atom. The Kier molecular flexibility index (Phi) is 3.00. The maximum atomic E-state index is 2.24. The predicted octanol–water partition coefficient (Wildman–Crippen LogP) is 2.53. The second-order valence-corrected chi connectivity index (χ2v) is 3.89. The number of hydrogen-bond donors (Lipinski definition) is 0. The van der Waals surface area contributed by atoms with E-state index in [9.17, 15) is 0 Å². The third kappa shape index (κ3) is 1.88. The van der Waals surface area contributed by atoms with E-state index in [-0.39, 0.29) is 18.9 Å². The third-order valence-corrected chi connectivity index (χ3v) is 3.00. The van der Waals surface area contributed by atoms with Crippen LogP contribution in [-0.2, 0) is 12.8 Å². The van der Waals surface area contributed by atoms with Gasteiger partial charge in [-0.1, -0.05) is 48.5 Å². The van der Waals surface area contributed by atoms with Crippen molar-refractivity contribution in [3.8, 4) is 0 Å². The van der Waals surface area contributed by atoms with Crippen LogP contribution < -0.4 is 0 Å². The topological polar surface area (TPSA) is 0 Å². The fraction of sp³-hybridized carbons (Fsp3) is 0.143. The first kappa shape index (κ1) is 10.6. The predicted molar refractivity (Wildman–Crippen MR) is 65.6 cm³/mol. The molecule has 0 fully saturated rings. The van der Waals surface area contributed by atoms with Gasteiger partial charge in [0.2, 0.25) is 0 Å². The molecular formula is C14H13Li. The van der Waals surface area contributed by atoms with E-state index in [1.807, 2.05) is 0 Å². The summed E-state index contributed by atoms with van der Waals surface area (Å²) in [5, 5.41) is 0. The fourth-order valence-corrected chi connectivity index (χ4v) is 2.22. The minimum absolute atomic E-state index is 0. The van der Waals surface area contributed by atoms with E-state index < -0.39 is 0 Å². The van der Waals surface area contributed by atoms with Gasteiger partial charge in [0.05, 0.1) is 0 Å². The maximum Gasteiger partial charge on any atom is -0.00201 e. The summed E-state index contributed by atoms with van der Waals surface area (Å²) >= 11 is 0. The molecule has 0 radical (unpaired) electrons. The Balaban J connectivity index is 0.000000853. The van der Waals surface area contributed by atoms with Gasteiger partial charge in [0.1, 0.15) is 0 Å². The van der Waals surface area contributed by atoms with Crippen molar-refractivity contribution in [3.63, 3.8) is 0 Å². The van der Waals surface area contributed by atoms with Gasteiger partial charge in [0.15, 0.2) is 0 Å². The van der Waals surface area contributed by atoms with Crippen LogP contribution in [0.2, 0.25) is 0 Å². The van der Waals surface area contributed by atoms with Crippen molar-refractivity contribution in [2.75, 3.05) is 0 Å². The standard InChI is InChI=1S/C14H12.Li.H/c1-2-6-12-10-14-8-4-3-7-13(14)9-11(12)5-1;;/h1-8H,9-10H2;;. The second kappa shape index (κ2) is 4.27. The van der Waals surface area contributed by atoms with Gasteiger partial charge in [0.25, 0.3) is 0 Å². The summed E-state index contributed by atoms with van der Waals surface area (Å²) in [7, 11) is 0. The van der Waals surface area contributed by atoms with E-state index in [1.54, 1.807) is 0 Å². The zero-order valence-electron chi connectivity index (χ0n) is 8.03. The largest absolute Gasteiger partial charge is 0.0620 e. The molecule has 0 N–H and O–H groups in total. The first-order valence-electron chi connectivity index (χ1n) is 5.07. The van der Waals surface area contributed by atoms with Gasteiger partial charge >= 0.3 is 18.9 Å². The minimum atomic E-state index is 0. The molecule has 0 heterocycles. The number of fused-ring (bicyclic) bond motifs is 2. The van der Waals surface area contributed by atoms with Crippen LogP contribution in [0.3, 0.4) is 0 Å². The van der Waals surface area contributed by atoms with Gasteiger partial charge in [-0.15, -0.1) is 0 Å². The van der Waals surface area contributed by atoms with E-state index in [4.69, 9.17) is 0 Å². The molecule has 0 bridgehead atoms. The normalized spacial score (nSPS) is 12.3. The van der Waals surface area contributed by atoms with Crippen molar-refractivity contribution >= 4 is 18.9 Å². The molecule has 0 unspecified atom stereocenters. The van der Waals surface area contributed by atoms with Gasteiger partial charge in [-0.05, 0) is 35.1 Å². The summed E-state index contributed by atoms with van der Waals surface area (Å²) in [5.74, 6) is 0. The molecule has 3 rings (SSSR count). The maximum absolute atomic E-state index is 2.24. The molecule has 70 valence electrons. The molecule has 0 atom stereocenters. The molecule has 1 heteroatoms. The van der Waals surface area contributed by atoms with Crippen molar-refractivity contribution < 1.29 is 0 Å². The van der Waals surface area contributed by atoms with E-state index in [2.05, 4.69) is 48.5 Å². The van der Waals surface area contributed by atoms with Crippen LogP contribution >= 0.6 is 0 Å². The smallest absolute Gasteiger partial charge is 0.00201 e. The Morgan fingerprint density at radius 2 is 0.800 bits per heavy atom. The minimum Gasteiger partial charge on any atom is -0.0620 e. The van der Waals surface area contributed by atoms with Crippen molar-refractivity contribution in [2.24, 2.45) is 0 Å². The summed E-state index contributed by atoms with van der Waals surface area (Å²) in [6.45, 7) is 0. The summed E-state index contributed by atoms with van der Waals surface area (Å²) in [6, 6.07) is 17.5. The van der Waals surface area contributed by atoms with Crippen LogP contribution in [-0.4, -0.2) is 18.9 Å². The molecule has 2 aromatic carbocycles. The van der Waals surface area contributed by atoms with Crippen LogP contribution in [0.15, 0.2) is 48.5 Å². The number of rotatable bonds is 0. The van der Waals surface area contributed by atoms with E-state index in [0.29, 0.717) is 0 Å². The quantitative estimate of drug-likeness (QED) is 0.475. The molecule has 0 nitrogen and oxygen atoms in total. The molecule has 0 amide bonds. The fourth-order valence-electron chi connectivity index (χ4n) is 2.22. The van der Waals surface area contributed by atoms with Crippen LogP contribution in [0.4, 0.5) is 0 Å². The van der Waals surface area contributed by atoms with Crippen molar-refractivity contribution in [2.45, 2.75) is 12.8 Å². The molecule has 1 aliphatic rings. The molecule has 0 aromatic heterocycles. The average Bonchev–Trinajstić information content (AvgIpc) is 2.26. The average molecular weight is 188 g/mol. The molecule has 2 aromatic rings. The van der Waals surface area contributed by atoms with Gasteiger partial charge in [-0.2, -0.15) is 0 Å². The third-order valence-electron chi connectivity index (χ3n) is 3.00. The van der Waals surface area contributed by atoms with Crippen molar-refractivity contribution in [3.05, 3.63) is 70.8 Å². The van der Waals surface area contributed by atoms with Gasteiger partial charge in [-0.3, -0.25) is 0 Å². The number of hydrogen-bond acceptors (Lipinski definition) is 0. The van der Waals surface area contributed by atoms with Crippen LogP contribution in [0.1, 0.15) is 22.3 Å². The number of benzene rings is 2. The molecule has 0 saturated carbocycles. The molecule has 0 saturated heterocycles. The first-order valence-corrected chi connectivity index (χ1v) is 5.07. The second-order valence-electron chi connectivity index (χ2n) is 3.89. The Labute approximate surface area is 103 Å². The van der Waals surface area contributed by atoms with Crippen molar-refractivity contribution in [1.82, 2.24) is 0 Å². The van der Waals surface area contributed by atoms with Crippen LogP contribution in [0.5, 0.6) is 0 Å². The summed E-state index contributed by atoms with van der Waals surface area (Å²) in [4.78, 5) is 0. The Hall–Kier alpha value is -0.963. The molecule has 0 spiro atoms. The van der Waals surface area contributed by atoms with Crippen LogP contribution in [0.25, 0.3) is 0 Å². The Bertz CT molecular complexity index is 387. The summed E-state index contributed by atoms with van der Waals surface area (Å²) in [5.41, 5.74) is 5.97. The van der Waals surface area contributed by atoms with Gasteiger partial charge in [-0.25, -0.2) is 0 Å². The van der Waals surface area contributed by atoms with Gasteiger partial charge < -0.3 is 0 Å². The van der Waals surface area contributed by atoms with E-state index in [1.165, 1.54) is 22.3 Å². The SMILES string of the molecule is [LiH].c1ccc2c(c1)Cc1ccccc1C2. The van der Waals surface area contributed by atoms with Crippen molar-refractivity contribution in [1.29, 1.82) is 0 Å². The monoisotopic (exact) mass is 188 g/mol.